The molecule has 0 spiro atoms. The zero-order chi connectivity index (χ0) is 35.5. The van der Waals surface area contributed by atoms with Crippen molar-refractivity contribution in [3.05, 3.63) is 142 Å². The second kappa shape index (κ2) is 14.5. The average molecular weight is 689 g/mol. The smallest absolute Gasteiger partial charge is 0.426 e. The number of unbranched alkanes of at least 4 members (excludes halogenated alkanes) is 2. The molecule has 254 valence electrons. The summed E-state index contributed by atoms with van der Waals surface area (Å²) in [5.41, 5.74) is -1.85. The third kappa shape index (κ3) is 7.90. The Morgan fingerprint density at radius 1 is 0.612 bits per heavy atom. The van der Waals surface area contributed by atoms with Crippen LogP contribution in [0.1, 0.15) is 47.7 Å². The van der Waals surface area contributed by atoms with E-state index >= 15 is 4.39 Å². The number of esters is 1. The van der Waals surface area contributed by atoms with Crippen LogP contribution in [0.2, 0.25) is 0 Å². The number of aryl methyl sites for hydroxylation is 1. The molecule has 12 heteroatoms. The van der Waals surface area contributed by atoms with Crippen molar-refractivity contribution in [3.63, 3.8) is 0 Å². The average Bonchev–Trinajstić information content (AvgIpc) is 3.03. The van der Waals surface area contributed by atoms with E-state index in [1.165, 1.54) is 18.2 Å². The minimum Gasteiger partial charge on any atom is -0.429 e. The van der Waals surface area contributed by atoms with Gasteiger partial charge in [-0.3, -0.25) is 0 Å². The molecule has 49 heavy (non-hydrogen) atoms. The number of hydrogen-bond donors (Lipinski definition) is 0. The van der Waals surface area contributed by atoms with Gasteiger partial charge in [-0.05, 0) is 72.0 Å². The molecule has 0 heterocycles. The lowest BCUT2D eigenvalue weighted by molar-refractivity contribution is -0.185. The molecule has 5 aromatic rings. The van der Waals surface area contributed by atoms with E-state index in [-0.39, 0.29) is 22.3 Å². The molecule has 0 saturated heterocycles. The minimum atomic E-state index is -3.97. The van der Waals surface area contributed by atoms with Crippen LogP contribution in [0.5, 0.6) is 11.5 Å². The number of carbonyl (C=O) groups excluding carboxylic acids is 1. The van der Waals surface area contributed by atoms with Crippen LogP contribution in [-0.4, -0.2) is 5.97 Å². The van der Waals surface area contributed by atoms with E-state index < -0.39 is 75.4 Å². The van der Waals surface area contributed by atoms with Crippen LogP contribution in [-0.2, 0) is 12.5 Å². The van der Waals surface area contributed by atoms with E-state index in [1.54, 1.807) is 0 Å². The van der Waals surface area contributed by atoms with E-state index in [9.17, 15) is 39.9 Å². The zero-order valence-electron chi connectivity index (χ0n) is 25.5. The van der Waals surface area contributed by atoms with Gasteiger partial charge in [-0.15, -0.1) is 0 Å². The van der Waals surface area contributed by atoms with Crippen molar-refractivity contribution in [2.45, 2.75) is 38.7 Å². The van der Waals surface area contributed by atoms with E-state index in [4.69, 9.17) is 4.74 Å². The molecule has 0 aliphatic rings. The Bertz CT molecular complexity index is 1960. The van der Waals surface area contributed by atoms with E-state index in [0.717, 1.165) is 61.2 Å². The molecule has 0 bridgehead atoms. The lowest BCUT2D eigenvalue weighted by Crippen LogP contribution is -2.22. The van der Waals surface area contributed by atoms with Crippen LogP contribution < -0.4 is 9.47 Å². The molecule has 0 amide bonds. The molecule has 0 aromatic heterocycles. The first kappa shape index (κ1) is 35.1. The maximum absolute atomic E-state index is 15.0. The van der Waals surface area contributed by atoms with Crippen LogP contribution in [0.4, 0.5) is 39.5 Å². The molecule has 3 nitrogen and oxygen atoms in total. The Hall–Kier alpha value is -5.26. The number of ether oxygens (including phenoxy) is 2. The summed E-state index contributed by atoms with van der Waals surface area (Å²) in [5.74, 6) is -13.1. The van der Waals surface area contributed by atoms with Crippen molar-refractivity contribution in [1.29, 1.82) is 0 Å². The normalized spacial score (nSPS) is 11.5. The summed E-state index contributed by atoms with van der Waals surface area (Å²) in [4.78, 5) is 12.6. The highest BCUT2D eigenvalue weighted by atomic mass is 19.3. The highest BCUT2D eigenvalue weighted by Crippen LogP contribution is 2.35. The van der Waals surface area contributed by atoms with Gasteiger partial charge < -0.3 is 9.47 Å². The summed E-state index contributed by atoms with van der Waals surface area (Å²) in [5, 5.41) is 0. The Morgan fingerprint density at radius 2 is 1.16 bits per heavy atom. The van der Waals surface area contributed by atoms with Gasteiger partial charge in [0.15, 0.2) is 17.5 Å². The lowest BCUT2D eigenvalue weighted by Gasteiger charge is -2.19. The molecule has 0 unspecified atom stereocenters. The molecule has 0 saturated carbocycles. The van der Waals surface area contributed by atoms with Gasteiger partial charge in [0.25, 0.3) is 0 Å². The second-order valence-electron chi connectivity index (χ2n) is 11.0. The number of benzene rings is 5. The van der Waals surface area contributed by atoms with E-state index in [1.807, 2.05) is 6.92 Å². The van der Waals surface area contributed by atoms with E-state index in [0.29, 0.717) is 36.8 Å². The number of carbonyl (C=O) groups is 1. The monoisotopic (exact) mass is 688 g/mol. The van der Waals surface area contributed by atoms with Gasteiger partial charge in [0.05, 0.1) is 5.56 Å². The standard InChI is InChI=1S/C37H25F9O3/c1-2-3-4-5-20-6-9-23(10-7-20)37(45,46)49-25-18-30(40)34(31(41)19-25)36(47)48-24-11-13-26(29(39)17-24)21-8-12-27(28(38)14-21)22-15-32(42)35(44)33(43)16-22/h6-19H,2-5H2,1H3. The van der Waals surface area contributed by atoms with Crippen LogP contribution in [0.25, 0.3) is 22.3 Å². The molecule has 5 aromatic carbocycles. The summed E-state index contributed by atoms with van der Waals surface area (Å²) in [6.07, 6.45) is -0.391. The number of alkyl halides is 2. The molecule has 5 rings (SSSR count). The van der Waals surface area contributed by atoms with Crippen LogP contribution in [0.15, 0.2) is 84.9 Å². The van der Waals surface area contributed by atoms with Gasteiger partial charge in [0.1, 0.15) is 40.3 Å². The van der Waals surface area contributed by atoms with Crippen LogP contribution in [0, 0.1) is 40.7 Å². The van der Waals surface area contributed by atoms with Gasteiger partial charge in [-0.1, -0.05) is 44.0 Å². The van der Waals surface area contributed by atoms with Crippen molar-refractivity contribution >= 4 is 5.97 Å². The summed E-state index contributed by atoms with van der Waals surface area (Å²) in [6.45, 7) is 2.04. The van der Waals surface area contributed by atoms with Gasteiger partial charge in [0, 0.05) is 29.3 Å². The summed E-state index contributed by atoms with van der Waals surface area (Å²) >= 11 is 0. The first-order chi connectivity index (χ1) is 23.3. The predicted octanol–water partition coefficient (Wildman–Crippen LogP) is 11.1. The maximum Gasteiger partial charge on any atom is 0.426 e. The lowest BCUT2D eigenvalue weighted by atomic mass is 9.99. The molecule has 0 radical (unpaired) electrons. The van der Waals surface area contributed by atoms with Crippen molar-refractivity contribution in [1.82, 2.24) is 0 Å². The molecule has 0 aliphatic heterocycles. The first-order valence-electron chi connectivity index (χ1n) is 14.9. The SMILES string of the molecule is CCCCCc1ccc(C(F)(F)Oc2cc(F)c(C(=O)Oc3ccc(-c4ccc(-c5cc(F)c(F)c(F)c5)c(F)c4)c(F)c3)c(F)c2)cc1. The number of hydrogen-bond acceptors (Lipinski definition) is 3. The van der Waals surface area contributed by atoms with Crippen LogP contribution in [0.3, 0.4) is 0 Å². The summed E-state index contributed by atoms with van der Waals surface area (Å²) in [7, 11) is 0. The third-order valence-corrected chi connectivity index (χ3v) is 7.55. The van der Waals surface area contributed by atoms with Crippen molar-refractivity contribution in [2.24, 2.45) is 0 Å². The second-order valence-corrected chi connectivity index (χ2v) is 11.0. The third-order valence-electron chi connectivity index (χ3n) is 7.55. The zero-order valence-corrected chi connectivity index (χ0v) is 25.5. The maximum atomic E-state index is 15.0. The largest absolute Gasteiger partial charge is 0.429 e. The van der Waals surface area contributed by atoms with Gasteiger partial charge in [0.2, 0.25) is 0 Å². The van der Waals surface area contributed by atoms with Crippen molar-refractivity contribution in [2.75, 3.05) is 0 Å². The molecule has 0 atom stereocenters. The van der Waals surface area contributed by atoms with Crippen molar-refractivity contribution < 1.29 is 53.8 Å². The number of halogens is 9. The Labute approximate surface area is 274 Å². The Kier molecular flexibility index (Phi) is 10.4. The fourth-order valence-corrected chi connectivity index (χ4v) is 5.03. The fourth-order valence-electron chi connectivity index (χ4n) is 5.03. The molecule has 0 aliphatic carbocycles. The molecule has 0 fully saturated rings. The van der Waals surface area contributed by atoms with Crippen molar-refractivity contribution in [3.8, 4) is 33.8 Å². The van der Waals surface area contributed by atoms with Gasteiger partial charge in [-0.25, -0.2) is 35.5 Å². The highest BCUT2D eigenvalue weighted by molar-refractivity contribution is 5.92. The summed E-state index contributed by atoms with van der Waals surface area (Å²) in [6, 6.07) is 13.2. The fraction of sp³-hybridized carbons (Fsp3) is 0.162. The highest BCUT2D eigenvalue weighted by Gasteiger charge is 2.35. The number of rotatable bonds is 11. The Balaban J connectivity index is 1.28. The molecular formula is C37H25F9O3. The quantitative estimate of drug-likeness (QED) is 0.0456. The molecule has 0 N–H and O–H groups in total. The predicted molar refractivity (Wildman–Crippen MR) is 163 cm³/mol. The topological polar surface area (TPSA) is 35.5 Å². The van der Waals surface area contributed by atoms with Crippen LogP contribution >= 0.6 is 0 Å². The summed E-state index contributed by atoms with van der Waals surface area (Å²) < 4.78 is 139. The van der Waals surface area contributed by atoms with Gasteiger partial charge in [-0.2, -0.15) is 8.78 Å². The molecular weight excluding hydrogens is 663 g/mol. The minimum absolute atomic E-state index is 0.0490. The Morgan fingerprint density at radius 3 is 1.76 bits per heavy atom. The van der Waals surface area contributed by atoms with E-state index in [2.05, 4.69) is 4.74 Å². The first-order valence-corrected chi connectivity index (χ1v) is 14.9. The van der Waals surface area contributed by atoms with Gasteiger partial charge >= 0.3 is 12.1 Å².